The molecule has 1 aromatic carbocycles. The predicted octanol–water partition coefficient (Wildman–Crippen LogP) is 1.46. The highest BCUT2D eigenvalue weighted by Gasteiger charge is 2.23. The number of rotatable bonds is 5. The molecule has 3 rings (SSSR count). The summed E-state index contributed by atoms with van der Waals surface area (Å²) in [7, 11) is 0. The molecule has 0 saturated carbocycles. The Bertz CT molecular complexity index is 574. The van der Waals surface area contributed by atoms with Gasteiger partial charge in [-0.25, -0.2) is 4.39 Å². The smallest absolute Gasteiger partial charge is 0.123 e. The van der Waals surface area contributed by atoms with E-state index in [0.717, 1.165) is 12.1 Å². The van der Waals surface area contributed by atoms with E-state index in [4.69, 9.17) is 4.74 Å². The Kier molecular flexibility index (Phi) is 4.82. The maximum atomic E-state index is 13.0. The third-order valence-corrected chi connectivity index (χ3v) is 3.82. The second-order valence-electron chi connectivity index (χ2n) is 5.55. The van der Waals surface area contributed by atoms with E-state index in [1.807, 2.05) is 12.3 Å². The number of aliphatic hydroxyl groups excluding tert-OH is 1. The van der Waals surface area contributed by atoms with Crippen LogP contribution >= 0.6 is 0 Å². The van der Waals surface area contributed by atoms with Crippen molar-refractivity contribution in [1.29, 1.82) is 0 Å². The lowest BCUT2D eigenvalue weighted by atomic mass is 10.1. The monoisotopic (exact) mass is 305 g/mol. The highest BCUT2D eigenvalue weighted by atomic mass is 19.1. The van der Waals surface area contributed by atoms with Gasteiger partial charge in [-0.15, -0.1) is 0 Å². The molecular weight excluding hydrogens is 285 g/mol. The first-order valence-corrected chi connectivity index (χ1v) is 7.45. The summed E-state index contributed by atoms with van der Waals surface area (Å²) < 4.78 is 20.5. The molecule has 2 aromatic rings. The Morgan fingerprint density at radius 2 is 2.14 bits per heavy atom. The lowest BCUT2D eigenvalue weighted by Gasteiger charge is -2.34. The standard InChI is InChI=1S/C16H20FN3O2/c17-14-4-2-13(3-5-14)16-12-19(8-9-22-16)10-15(21)11-20-7-1-6-18-20/h1-7,15-16,21H,8-12H2. The minimum atomic E-state index is -0.480. The Hall–Kier alpha value is -1.76. The summed E-state index contributed by atoms with van der Waals surface area (Å²) in [6, 6.07) is 8.24. The van der Waals surface area contributed by atoms with Crippen LogP contribution in [0.15, 0.2) is 42.7 Å². The quantitative estimate of drug-likeness (QED) is 0.908. The molecular formula is C16H20FN3O2. The number of aromatic nitrogens is 2. The molecule has 1 aromatic heterocycles. The molecule has 1 N–H and O–H groups in total. The van der Waals surface area contributed by atoms with Crippen LogP contribution in [0.4, 0.5) is 4.39 Å². The Labute approximate surface area is 128 Å². The van der Waals surface area contributed by atoms with Crippen LogP contribution in [0.5, 0.6) is 0 Å². The number of aliphatic hydroxyl groups is 1. The van der Waals surface area contributed by atoms with Gasteiger partial charge in [-0.3, -0.25) is 9.58 Å². The number of hydrogen-bond donors (Lipinski definition) is 1. The summed E-state index contributed by atoms with van der Waals surface area (Å²) in [6.07, 6.45) is 2.98. The van der Waals surface area contributed by atoms with Crippen LogP contribution in [0.2, 0.25) is 0 Å². The van der Waals surface area contributed by atoms with Gasteiger partial charge in [-0.1, -0.05) is 12.1 Å². The van der Waals surface area contributed by atoms with Gasteiger partial charge < -0.3 is 9.84 Å². The van der Waals surface area contributed by atoms with Crippen molar-refractivity contribution in [3.8, 4) is 0 Å². The zero-order valence-corrected chi connectivity index (χ0v) is 12.3. The average molecular weight is 305 g/mol. The first kappa shape index (κ1) is 15.1. The molecule has 1 aliphatic rings. The molecule has 6 heteroatoms. The summed E-state index contributed by atoms with van der Waals surface area (Å²) in [5, 5.41) is 14.3. The Morgan fingerprint density at radius 3 is 2.86 bits per heavy atom. The van der Waals surface area contributed by atoms with Crippen LogP contribution in [0.3, 0.4) is 0 Å². The van der Waals surface area contributed by atoms with Gasteiger partial charge in [0.1, 0.15) is 5.82 Å². The summed E-state index contributed by atoms with van der Waals surface area (Å²) in [6.45, 7) is 3.14. The third-order valence-electron chi connectivity index (χ3n) is 3.82. The van der Waals surface area contributed by atoms with Crippen LogP contribution in [0, 0.1) is 5.82 Å². The van der Waals surface area contributed by atoms with Gasteiger partial charge in [-0.2, -0.15) is 5.10 Å². The van der Waals surface area contributed by atoms with Crippen molar-refractivity contribution in [3.05, 3.63) is 54.1 Å². The topological polar surface area (TPSA) is 50.5 Å². The number of nitrogens with zero attached hydrogens (tertiary/aromatic N) is 3. The molecule has 2 heterocycles. The number of morpholine rings is 1. The molecule has 0 radical (unpaired) electrons. The molecule has 118 valence electrons. The summed E-state index contributed by atoms with van der Waals surface area (Å²) in [5.41, 5.74) is 0.965. The van der Waals surface area contributed by atoms with Gasteiger partial charge in [0.2, 0.25) is 0 Å². The molecule has 2 atom stereocenters. The van der Waals surface area contributed by atoms with E-state index < -0.39 is 6.10 Å². The van der Waals surface area contributed by atoms with Gasteiger partial charge in [0.25, 0.3) is 0 Å². The second-order valence-corrected chi connectivity index (χ2v) is 5.55. The highest BCUT2D eigenvalue weighted by Crippen LogP contribution is 2.22. The normalized spacial score (nSPS) is 20.9. The van der Waals surface area contributed by atoms with E-state index in [1.165, 1.54) is 12.1 Å². The summed E-state index contributed by atoms with van der Waals surface area (Å²) in [4.78, 5) is 2.17. The number of β-amino-alcohol motifs (C(OH)–C–C–N with tert-alkyl or cyclic N) is 1. The Balaban J connectivity index is 1.55. The largest absolute Gasteiger partial charge is 0.390 e. The molecule has 5 nitrogen and oxygen atoms in total. The maximum absolute atomic E-state index is 13.0. The molecule has 0 amide bonds. The summed E-state index contributed by atoms with van der Waals surface area (Å²) >= 11 is 0. The maximum Gasteiger partial charge on any atom is 0.123 e. The molecule has 1 fully saturated rings. The first-order valence-electron chi connectivity index (χ1n) is 7.45. The van der Waals surface area contributed by atoms with Gasteiger partial charge in [0.05, 0.1) is 25.4 Å². The van der Waals surface area contributed by atoms with Gasteiger partial charge in [-0.05, 0) is 23.8 Å². The number of ether oxygens (including phenoxy) is 1. The van der Waals surface area contributed by atoms with Crippen molar-refractivity contribution < 1.29 is 14.2 Å². The van der Waals surface area contributed by atoms with E-state index in [9.17, 15) is 9.50 Å². The van der Waals surface area contributed by atoms with Crippen molar-refractivity contribution in [2.75, 3.05) is 26.2 Å². The highest BCUT2D eigenvalue weighted by molar-refractivity contribution is 5.19. The first-order chi connectivity index (χ1) is 10.7. The lowest BCUT2D eigenvalue weighted by molar-refractivity contribution is -0.0437. The van der Waals surface area contributed by atoms with Crippen LogP contribution < -0.4 is 0 Å². The van der Waals surface area contributed by atoms with Crippen LogP contribution in [-0.2, 0) is 11.3 Å². The van der Waals surface area contributed by atoms with Gasteiger partial charge in [0.15, 0.2) is 0 Å². The van der Waals surface area contributed by atoms with Crippen molar-refractivity contribution in [2.24, 2.45) is 0 Å². The zero-order valence-electron chi connectivity index (χ0n) is 12.3. The molecule has 22 heavy (non-hydrogen) atoms. The molecule has 0 aliphatic carbocycles. The van der Waals surface area contributed by atoms with Crippen LogP contribution in [0.1, 0.15) is 11.7 Å². The fourth-order valence-corrected chi connectivity index (χ4v) is 2.73. The van der Waals surface area contributed by atoms with Crippen LogP contribution in [-0.4, -0.2) is 52.1 Å². The van der Waals surface area contributed by atoms with E-state index in [2.05, 4.69) is 10.00 Å². The van der Waals surface area contributed by atoms with Gasteiger partial charge in [0, 0.05) is 32.0 Å². The number of halogens is 1. The SMILES string of the molecule is OC(CN1CCOC(c2ccc(F)cc2)C1)Cn1cccn1. The number of benzene rings is 1. The molecule has 0 spiro atoms. The molecule has 2 unspecified atom stereocenters. The predicted molar refractivity (Wildman–Crippen MR) is 79.8 cm³/mol. The van der Waals surface area contributed by atoms with E-state index in [1.54, 1.807) is 23.0 Å². The minimum absolute atomic E-state index is 0.0775. The average Bonchev–Trinajstić information content (AvgIpc) is 3.01. The van der Waals surface area contributed by atoms with Crippen molar-refractivity contribution in [3.63, 3.8) is 0 Å². The van der Waals surface area contributed by atoms with Crippen molar-refractivity contribution >= 4 is 0 Å². The molecule has 1 aliphatic heterocycles. The zero-order chi connectivity index (χ0) is 15.4. The van der Waals surface area contributed by atoms with E-state index >= 15 is 0 Å². The summed E-state index contributed by atoms with van der Waals surface area (Å²) in [5.74, 6) is -0.244. The van der Waals surface area contributed by atoms with Gasteiger partial charge >= 0.3 is 0 Å². The number of hydrogen-bond acceptors (Lipinski definition) is 4. The third kappa shape index (κ3) is 3.91. The van der Waals surface area contributed by atoms with Crippen molar-refractivity contribution in [1.82, 2.24) is 14.7 Å². The fourth-order valence-electron chi connectivity index (χ4n) is 2.73. The fraction of sp³-hybridized carbons (Fsp3) is 0.438. The lowest BCUT2D eigenvalue weighted by Crippen LogP contribution is -2.43. The van der Waals surface area contributed by atoms with E-state index in [-0.39, 0.29) is 11.9 Å². The Morgan fingerprint density at radius 1 is 1.32 bits per heavy atom. The molecule has 1 saturated heterocycles. The van der Waals surface area contributed by atoms with Crippen molar-refractivity contribution in [2.45, 2.75) is 18.8 Å². The van der Waals surface area contributed by atoms with E-state index in [0.29, 0.717) is 26.2 Å². The minimum Gasteiger partial charge on any atom is -0.390 e. The van der Waals surface area contributed by atoms with Crippen LogP contribution in [0.25, 0.3) is 0 Å². The molecule has 0 bridgehead atoms. The second kappa shape index (κ2) is 7.00.